The minimum Gasteiger partial charge on any atom is -0.427 e. The fourth-order valence-electron chi connectivity index (χ4n) is 1.23. The van der Waals surface area contributed by atoms with Crippen molar-refractivity contribution in [1.29, 1.82) is 0 Å². The first kappa shape index (κ1) is 9.99. The maximum absolute atomic E-state index is 8.57. The molecule has 1 saturated heterocycles. The second-order valence-corrected chi connectivity index (χ2v) is 2.98. The van der Waals surface area contributed by atoms with Crippen molar-refractivity contribution in [1.82, 2.24) is 0 Å². The van der Waals surface area contributed by atoms with Gasteiger partial charge in [0.2, 0.25) is 0 Å². The third-order valence-corrected chi connectivity index (χ3v) is 1.87. The van der Waals surface area contributed by atoms with Gasteiger partial charge in [0.05, 0.1) is 25.9 Å². The van der Waals surface area contributed by atoms with Gasteiger partial charge in [0.1, 0.15) is 0 Å². The Kier molecular flexibility index (Phi) is 4.61. The molecular weight excluding hydrogens is 159 g/mol. The molecule has 70 valence electrons. The normalized spacial score (nSPS) is 24.0. The minimum atomic E-state index is -1.19. The van der Waals surface area contributed by atoms with E-state index in [4.69, 9.17) is 19.5 Å². The fraction of sp³-hybridized carbons (Fsp3) is 1.00. The van der Waals surface area contributed by atoms with Gasteiger partial charge in [-0.25, -0.2) is 0 Å². The summed E-state index contributed by atoms with van der Waals surface area (Å²) in [5.74, 6) is 0. The smallest absolute Gasteiger partial charge is 0.427 e. The number of ether oxygens (including phenoxy) is 2. The van der Waals surface area contributed by atoms with Crippen LogP contribution in [-0.2, 0) is 9.47 Å². The molecule has 0 aromatic heterocycles. The van der Waals surface area contributed by atoms with Gasteiger partial charge >= 0.3 is 7.12 Å². The lowest BCUT2D eigenvalue weighted by molar-refractivity contribution is -0.0907. The lowest BCUT2D eigenvalue weighted by Gasteiger charge is -2.22. The van der Waals surface area contributed by atoms with Gasteiger partial charge in [0, 0.05) is 0 Å². The Labute approximate surface area is 72.6 Å². The van der Waals surface area contributed by atoms with Gasteiger partial charge in [-0.05, 0) is 12.7 Å². The molecule has 1 aliphatic rings. The molecule has 1 heterocycles. The fourth-order valence-corrected chi connectivity index (χ4v) is 1.23. The van der Waals surface area contributed by atoms with Crippen molar-refractivity contribution in [2.45, 2.75) is 25.3 Å². The van der Waals surface area contributed by atoms with Crippen LogP contribution in [0.4, 0.5) is 0 Å². The second-order valence-electron chi connectivity index (χ2n) is 2.98. The molecule has 0 amide bonds. The highest BCUT2D eigenvalue weighted by Crippen LogP contribution is 2.09. The number of hydrogen-bond acceptors (Lipinski definition) is 4. The van der Waals surface area contributed by atoms with E-state index in [-0.39, 0.29) is 6.10 Å². The maximum atomic E-state index is 8.57. The van der Waals surface area contributed by atoms with Crippen LogP contribution >= 0.6 is 0 Å². The molecule has 0 radical (unpaired) electrons. The zero-order valence-electron chi connectivity index (χ0n) is 7.11. The van der Waals surface area contributed by atoms with Crippen LogP contribution in [0, 0.1) is 0 Å². The first-order valence-corrected chi connectivity index (χ1v) is 4.34. The molecule has 0 aromatic rings. The average Bonchev–Trinajstić information content (AvgIpc) is 2.05. The molecule has 1 atom stereocenters. The summed E-state index contributed by atoms with van der Waals surface area (Å²) < 4.78 is 10.6. The Morgan fingerprint density at radius 2 is 2.17 bits per heavy atom. The highest BCUT2D eigenvalue weighted by Gasteiger charge is 2.15. The largest absolute Gasteiger partial charge is 0.451 e. The van der Waals surface area contributed by atoms with Crippen molar-refractivity contribution in [2.24, 2.45) is 0 Å². The number of rotatable bonds is 4. The van der Waals surface area contributed by atoms with Gasteiger partial charge < -0.3 is 19.5 Å². The first-order valence-electron chi connectivity index (χ1n) is 4.34. The summed E-state index contributed by atoms with van der Waals surface area (Å²) >= 11 is 0. The lowest BCUT2D eigenvalue weighted by atomic mass is 9.83. The Morgan fingerprint density at radius 3 is 2.75 bits per heavy atom. The van der Waals surface area contributed by atoms with Crippen molar-refractivity contribution >= 4 is 7.12 Å². The Balaban J connectivity index is 1.98. The van der Waals surface area contributed by atoms with E-state index in [9.17, 15) is 0 Å². The van der Waals surface area contributed by atoms with E-state index in [1.807, 2.05) is 0 Å². The zero-order chi connectivity index (χ0) is 8.81. The lowest BCUT2D eigenvalue weighted by Crippen LogP contribution is -2.28. The standard InChI is InChI=1S/C7H15BO4/c9-8(10)3-1-2-7-6-11-4-5-12-7/h7,9-10H,1-6H2. The van der Waals surface area contributed by atoms with Gasteiger partial charge in [0.15, 0.2) is 0 Å². The van der Waals surface area contributed by atoms with E-state index < -0.39 is 7.12 Å². The van der Waals surface area contributed by atoms with Crippen LogP contribution in [0.25, 0.3) is 0 Å². The molecule has 0 saturated carbocycles. The van der Waals surface area contributed by atoms with E-state index >= 15 is 0 Å². The zero-order valence-corrected chi connectivity index (χ0v) is 7.11. The van der Waals surface area contributed by atoms with Gasteiger partial charge in [-0.3, -0.25) is 0 Å². The molecule has 1 aliphatic heterocycles. The van der Waals surface area contributed by atoms with E-state index in [1.165, 1.54) is 0 Å². The van der Waals surface area contributed by atoms with Crippen LogP contribution in [0.2, 0.25) is 6.32 Å². The predicted molar refractivity (Wildman–Crippen MR) is 44.8 cm³/mol. The van der Waals surface area contributed by atoms with E-state index in [2.05, 4.69) is 0 Å². The van der Waals surface area contributed by atoms with Crippen LogP contribution in [0.1, 0.15) is 12.8 Å². The number of hydrogen-bond donors (Lipinski definition) is 2. The summed E-state index contributed by atoms with van der Waals surface area (Å²) in [5.41, 5.74) is 0. The van der Waals surface area contributed by atoms with Crippen molar-refractivity contribution in [2.75, 3.05) is 19.8 Å². The first-order chi connectivity index (χ1) is 5.79. The molecule has 0 aliphatic carbocycles. The van der Waals surface area contributed by atoms with Gasteiger partial charge in [0.25, 0.3) is 0 Å². The molecule has 0 aromatic carbocycles. The molecule has 4 nitrogen and oxygen atoms in total. The van der Waals surface area contributed by atoms with Crippen molar-refractivity contribution in [3.8, 4) is 0 Å². The molecule has 0 bridgehead atoms. The Hall–Kier alpha value is -0.0951. The topological polar surface area (TPSA) is 58.9 Å². The summed E-state index contributed by atoms with van der Waals surface area (Å²) in [6, 6.07) is 0. The summed E-state index contributed by atoms with van der Waals surface area (Å²) in [5, 5.41) is 17.1. The van der Waals surface area contributed by atoms with E-state index in [0.717, 1.165) is 12.8 Å². The van der Waals surface area contributed by atoms with Crippen LogP contribution < -0.4 is 0 Å². The summed E-state index contributed by atoms with van der Waals surface area (Å²) in [6.07, 6.45) is 2.18. The molecule has 1 rings (SSSR count). The van der Waals surface area contributed by atoms with E-state index in [0.29, 0.717) is 26.1 Å². The summed E-state index contributed by atoms with van der Waals surface area (Å²) in [7, 11) is -1.19. The van der Waals surface area contributed by atoms with Crippen molar-refractivity contribution < 1.29 is 19.5 Å². The molecular formula is C7H15BO4. The van der Waals surface area contributed by atoms with Gasteiger partial charge in [-0.15, -0.1) is 0 Å². The van der Waals surface area contributed by atoms with Gasteiger partial charge in [-0.2, -0.15) is 0 Å². The van der Waals surface area contributed by atoms with Crippen LogP contribution in [0.5, 0.6) is 0 Å². The highest BCUT2D eigenvalue weighted by atomic mass is 16.6. The third kappa shape index (κ3) is 4.06. The third-order valence-electron chi connectivity index (χ3n) is 1.87. The molecule has 1 unspecified atom stereocenters. The van der Waals surface area contributed by atoms with Crippen LogP contribution in [-0.4, -0.2) is 43.1 Å². The van der Waals surface area contributed by atoms with Crippen molar-refractivity contribution in [3.63, 3.8) is 0 Å². The monoisotopic (exact) mass is 174 g/mol. The molecule has 5 heteroatoms. The van der Waals surface area contributed by atoms with E-state index in [1.54, 1.807) is 0 Å². The predicted octanol–water partition coefficient (Wildman–Crippen LogP) is -0.345. The van der Waals surface area contributed by atoms with Crippen LogP contribution in [0.15, 0.2) is 0 Å². The van der Waals surface area contributed by atoms with Crippen molar-refractivity contribution in [3.05, 3.63) is 0 Å². The van der Waals surface area contributed by atoms with Crippen LogP contribution in [0.3, 0.4) is 0 Å². The summed E-state index contributed by atoms with van der Waals surface area (Å²) in [4.78, 5) is 0. The SMILES string of the molecule is OB(O)CCCC1COCCO1. The average molecular weight is 174 g/mol. The second kappa shape index (κ2) is 5.53. The quantitative estimate of drug-likeness (QED) is 0.572. The highest BCUT2D eigenvalue weighted by molar-refractivity contribution is 6.40. The Morgan fingerprint density at radius 1 is 1.33 bits per heavy atom. The Bertz CT molecular complexity index is 114. The van der Waals surface area contributed by atoms with Gasteiger partial charge in [-0.1, -0.05) is 6.42 Å². The molecule has 2 N–H and O–H groups in total. The summed E-state index contributed by atoms with van der Waals surface area (Å²) in [6.45, 7) is 1.98. The maximum Gasteiger partial charge on any atom is 0.451 e. The molecule has 1 fully saturated rings. The molecule has 12 heavy (non-hydrogen) atoms. The minimum absolute atomic E-state index is 0.150. The molecule has 0 spiro atoms.